The molecule has 1 atom stereocenters. The summed E-state index contributed by atoms with van der Waals surface area (Å²) in [6.45, 7) is 4.37. The van der Waals surface area contributed by atoms with E-state index in [1.165, 1.54) is 37.7 Å². The van der Waals surface area contributed by atoms with E-state index in [1.807, 2.05) is 12.1 Å². The molecule has 1 aromatic rings. The van der Waals surface area contributed by atoms with Crippen LogP contribution in [0, 0.1) is 11.7 Å². The van der Waals surface area contributed by atoms with Crippen LogP contribution in [0.15, 0.2) is 24.3 Å². The maximum absolute atomic E-state index is 13.2. The van der Waals surface area contributed by atoms with Crippen LogP contribution >= 0.6 is 24.8 Å². The highest BCUT2D eigenvalue weighted by molar-refractivity contribution is 5.85. The molecule has 0 bridgehead atoms. The largest absolute Gasteiger partial charge is 0.314 e. The van der Waals surface area contributed by atoms with Gasteiger partial charge in [-0.1, -0.05) is 31.4 Å². The molecular formula is C17H27Cl2FN2. The van der Waals surface area contributed by atoms with Gasteiger partial charge in [0.2, 0.25) is 0 Å². The van der Waals surface area contributed by atoms with Gasteiger partial charge in [-0.3, -0.25) is 4.90 Å². The molecule has 22 heavy (non-hydrogen) atoms. The summed E-state index contributed by atoms with van der Waals surface area (Å²) in [7, 11) is 0. The molecule has 3 rings (SSSR count). The lowest BCUT2D eigenvalue weighted by Crippen LogP contribution is -2.47. The average Bonchev–Trinajstić information content (AvgIpc) is 2.52. The van der Waals surface area contributed by atoms with E-state index >= 15 is 0 Å². The zero-order valence-corrected chi connectivity index (χ0v) is 14.6. The second-order valence-electron chi connectivity index (χ2n) is 6.18. The molecule has 0 radical (unpaired) electrons. The first kappa shape index (κ1) is 19.7. The third-order valence-electron chi connectivity index (χ3n) is 4.85. The van der Waals surface area contributed by atoms with Gasteiger partial charge in [0.15, 0.2) is 0 Å². The Morgan fingerprint density at radius 2 is 1.55 bits per heavy atom. The monoisotopic (exact) mass is 348 g/mol. The van der Waals surface area contributed by atoms with Gasteiger partial charge >= 0.3 is 0 Å². The molecule has 1 saturated carbocycles. The van der Waals surface area contributed by atoms with E-state index < -0.39 is 0 Å². The van der Waals surface area contributed by atoms with Gasteiger partial charge < -0.3 is 5.32 Å². The van der Waals surface area contributed by atoms with E-state index in [2.05, 4.69) is 10.2 Å². The molecule has 1 aliphatic heterocycles. The molecule has 0 amide bonds. The fourth-order valence-corrected chi connectivity index (χ4v) is 3.85. The third-order valence-corrected chi connectivity index (χ3v) is 4.85. The topological polar surface area (TPSA) is 15.3 Å². The van der Waals surface area contributed by atoms with E-state index in [1.54, 1.807) is 12.1 Å². The second-order valence-corrected chi connectivity index (χ2v) is 6.18. The molecule has 1 heterocycles. The molecule has 1 aliphatic carbocycles. The molecule has 2 nitrogen and oxygen atoms in total. The zero-order chi connectivity index (χ0) is 13.8. The Kier molecular flexibility index (Phi) is 8.70. The van der Waals surface area contributed by atoms with E-state index in [-0.39, 0.29) is 30.6 Å². The van der Waals surface area contributed by atoms with Crippen molar-refractivity contribution in [2.75, 3.05) is 26.2 Å². The molecule has 2 fully saturated rings. The SMILES string of the molecule is Cl.Cl.Fc1ccc([C@H](C2CCCCC2)N2CCNCC2)cc1. The van der Waals surface area contributed by atoms with Crippen molar-refractivity contribution in [3.05, 3.63) is 35.6 Å². The van der Waals surface area contributed by atoms with Crippen LogP contribution in [0.2, 0.25) is 0 Å². The van der Waals surface area contributed by atoms with E-state index in [9.17, 15) is 4.39 Å². The summed E-state index contributed by atoms with van der Waals surface area (Å²) in [5.41, 5.74) is 1.31. The number of nitrogens with zero attached hydrogens (tertiary/aromatic N) is 1. The molecule has 126 valence electrons. The number of hydrogen-bond donors (Lipinski definition) is 1. The highest BCUT2D eigenvalue weighted by Crippen LogP contribution is 2.38. The summed E-state index contributed by atoms with van der Waals surface area (Å²) in [4.78, 5) is 2.61. The van der Waals surface area contributed by atoms with Crippen LogP contribution in [0.5, 0.6) is 0 Å². The van der Waals surface area contributed by atoms with Gasteiger partial charge in [0, 0.05) is 32.2 Å². The Bertz CT molecular complexity index is 397. The highest BCUT2D eigenvalue weighted by Gasteiger charge is 2.30. The minimum absolute atomic E-state index is 0. The number of benzene rings is 1. The standard InChI is InChI=1S/C17H25FN2.2ClH/c18-16-8-6-15(7-9-16)17(14-4-2-1-3-5-14)20-12-10-19-11-13-20;;/h6-9,14,17,19H,1-5,10-13H2;2*1H/t17-;;/m0../s1. The van der Waals surface area contributed by atoms with Gasteiger partial charge in [0.25, 0.3) is 0 Å². The van der Waals surface area contributed by atoms with Crippen LogP contribution in [-0.2, 0) is 0 Å². The Balaban J connectivity index is 0.00000121. The van der Waals surface area contributed by atoms with Gasteiger partial charge in [-0.15, -0.1) is 24.8 Å². The van der Waals surface area contributed by atoms with Crippen LogP contribution in [0.1, 0.15) is 43.7 Å². The van der Waals surface area contributed by atoms with Crippen molar-refractivity contribution in [1.82, 2.24) is 10.2 Å². The number of nitrogens with one attached hydrogen (secondary N) is 1. The second kappa shape index (κ2) is 9.71. The molecule has 0 spiro atoms. The predicted octanol–water partition coefficient (Wildman–Crippen LogP) is 4.20. The van der Waals surface area contributed by atoms with E-state index in [0.717, 1.165) is 32.1 Å². The minimum atomic E-state index is -0.128. The quantitative estimate of drug-likeness (QED) is 0.880. The molecule has 2 aliphatic rings. The predicted molar refractivity (Wildman–Crippen MR) is 94.7 cm³/mol. The van der Waals surface area contributed by atoms with Crippen LogP contribution in [0.4, 0.5) is 4.39 Å². The first-order valence-electron chi connectivity index (χ1n) is 8.05. The lowest BCUT2D eigenvalue weighted by molar-refractivity contribution is 0.103. The van der Waals surface area contributed by atoms with Gasteiger partial charge in [-0.2, -0.15) is 0 Å². The summed E-state index contributed by atoms with van der Waals surface area (Å²) >= 11 is 0. The zero-order valence-electron chi connectivity index (χ0n) is 13.0. The van der Waals surface area contributed by atoms with Gasteiger partial charge in [-0.05, 0) is 36.5 Å². The fraction of sp³-hybridized carbons (Fsp3) is 0.647. The van der Waals surface area contributed by atoms with E-state index in [0.29, 0.717) is 6.04 Å². The van der Waals surface area contributed by atoms with Gasteiger partial charge in [-0.25, -0.2) is 4.39 Å². The van der Waals surface area contributed by atoms with E-state index in [4.69, 9.17) is 0 Å². The summed E-state index contributed by atoms with van der Waals surface area (Å²) in [5, 5.41) is 3.43. The van der Waals surface area contributed by atoms with Crippen LogP contribution in [-0.4, -0.2) is 31.1 Å². The van der Waals surface area contributed by atoms with Crippen molar-refractivity contribution in [1.29, 1.82) is 0 Å². The van der Waals surface area contributed by atoms with Crippen LogP contribution in [0.3, 0.4) is 0 Å². The summed E-state index contributed by atoms with van der Waals surface area (Å²) in [6, 6.07) is 7.71. The molecule has 0 unspecified atom stereocenters. The average molecular weight is 349 g/mol. The lowest BCUT2D eigenvalue weighted by Gasteiger charge is -2.41. The van der Waals surface area contributed by atoms with Crippen molar-refractivity contribution in [2.24, 2.45) is 5.92 Å². The smallest absolute Gasteiger partial charge is 0.123 e. The first-order chi connectivity index (χ1) is 9.84. The van der Waals surface area contributed by atoms with Crippen molar-refractivity contribution in [3.63, 3.8) is 0 Å². The third kappa shape index (κ3) is 4.82. The summed E-state index contributed by atoms with van der Waals surface area (Å²) in [6.07, 6.45) is 6.75. The normalized spacial score (nSPS) is 21.5. The lowest BCUT2D eigenvalue weighted by atomic mass is 9.80. The summed E-state index contributed by atoms with van der Waals surface area (Å²) in [5.74, 6) is 0.615. The van der Waals surface area contributed by atoms with Crippen molar-refractivity contribution in [2.45, 2.75) is 38.1 Å². The van der Waals surface area contributed by atoms with Crippen molar-refractivity contribution >= 4 is 24.8 Å². The van der Waals surface area contributed by atoms with Crippen molar-refractivity contribution in [3.8, 4) is 0 Å². The summed E-state index contributed by atoms with van der Waals surface area (Å²) < 4.78 is 13.2. The Hall–Kier alpha value is -0.350. The highest BCUT2D eigenvalue weighted by atomic mass is 35.5. The molecule has 5 heteroatoms. The molecule has 0 aromatic heterocycles. The van der Waals surface area contributed by atoms with Gasteiger partial charge in [0.05, 0.1) is 0 Å². The number of piperazine rings is 1. The van der Waals surface area contributed by atoms with Crippen LogP contribution < -0.4 is 5.32 Å². The molecule has 1 aromatic carbocycles. The number of hydrogen-bond acceptors (Lipinski definition) is 2. The Labute approximate surface area is 145 Å². The number of halogens is 3. The fourth-order valence-electron chi connectivity index (χ4n) is 3.85. The van der Waals surface area contributed by atoms with Crippen LogP contribution in [0.25, 0.3) is 0 Å². The Morgan fingerprint density at radius 1 is 0.955 bits per heavy atom. The minimum Gasteiger partial charge on any atom is -0.314 e. The maximum Gasteiger partial charge on any atom is 0.123 e. The number of rotatable bonds is 3. The van der Waals surface area contributed by atoms with Crippen molar-refractivity contribution < 1.29 is 4.39 Å². The van der Waals surface area contributed by atoms with Gasteiger partial charge in [0.1, 0.15) is 5.82 Å². The molecular weight excluding hydrogens is 322 g/mol. The first-order valence-corrected chi connectivity index (χ1v) is 8.05. The Morgan fingerprint density at radius 3 is 2.14 bits per heavy atom. The maximum atomic E-state index is 13.2. The molecule has 1 N–H and O–H groups in total. The molecule has 1 saturated heterocycles.